The number of rotatable bonds is 5. The number of carbonyl (C=O) groups is 1. The molecule has 0 radical (unpaired) electrons. The van der Waals surface area contributed by atoms with Crippen LogP contribution in [0.15, 0.2) is 41.0 Å². The van der Waals surface area contributed by atoms with Crippen LogP contribution in [-0.2, 0) is 4.79 Å². The summed E-state index contributed by atoms with van der Waals surface area (Å²) < 4.78 is 1.65. The number of benzene rings is 1. The van der Waals surface area contributed by atoms with Gasteiger partial charge in [-0.05, 0) is 35.9 Å². The zero-order valence-electron chi connectivity index (χ0n) is 12.5. The average Bonchev–Trinajstić information content (AvgIpc) is 3.19. The smallest absolute Gasteiger partial charge is 0.239 e. The molecule has 0 aliphatic carbocycles. The van der Waals surface area contributed by atoms with Crippen molar-refractivity contribution >= 4 is 34.1 Å². The summed E-state index contributed by atoms with van der Waals surface area (Å²) in [5, 5.41) is 17.2. The second kappa shape index (κ2) is 6.88. The van der Waals surface area contributed by atoms with Gasteiger partial charge in [-0.15, -0.1) is 16.4 Å². The lowest BCUT2D eigenvalue weighted by Gasteiger charge is -2.11. The number of thioether (sulfide) groups is 1. The van der Waals surface area contributed by atoms with E-state index in [0.29, 0.717) is 10.3 Å². The molecule has 0 fully saturated rings. The van der Waals surface area contributed by atoms with Crippen LogP contribution in [0.4, 0.5) is 5.13 Å². The Morgan fingerprint density at radius 3 is 2.96 bits per heavy atom. The summed E-state index contributed by atoms with van der Waals surface area (Å²) in [6.07, 6.45) is 1.65. The highest BCUT2D eigenvalue weighted by Gasteiger charge is 2.20. The number of thiazole rings is 1. The van der Waals surface area contributed by atoms with E-state index >= 15 is 0 Å². The Morgan fingerprint density at radius 1 is 1.39 bits per heavy atom. The number of anilines is 1. The van der Waals surface area contributed by atoms with Crippen LogP contribution in [0, 0.1) is 6.92 Å². The summed E-state index contributed by atoms with van der Waals surface area (Å²) in [5.41, 5.74) is 1.95. The Labute approximate surface area is 141 Å². The predicted octanol–water partition coefficient (Wildman–Crippen LogP) is 2.55. The molecule has 0 spiro atoms. The van der Waals surface area contributed by atoms with Crippen molar-refractivity contribution < 1.29 is 4.79 Å². The van der Waals surface area contributed by atoms with E-state index in [1.165, 1.54) is 23.1 Å². The monoisotopic (exact) mass is 346 g/mol. The Bertz CT molecular complexity index is 801. The van der Waals surface area contributed by atoms with Gasteiger partial charge in [-0.3, -0.25) is 4.79 Å². The summed E-state index contributed by atoms with van der Waals surface area (Å²) in [4.78, 5) is 16.3. The van der Waals surface area contributed by atoms with Crippen LogP contribution in [0.5, 0.6) is 0 Å². The molecule has 0 saturated carbocycles. The first-order valence-corrected chi connectivity index (χ1v) is 8.62. The standard InChI is InChI=1S/C14H14N6OS2/c1-9-5-3-4-6-11(9)20-14(17-18-19-20)23-10(2)12(21)16-13-15-7-8-22-13/h3-8,10H,1-2H3,(H,15,16,21)/t10-/m1/s1. The molecular formula is C14H14N6OS2. The Hall–Kier alpha value is -2.26. The van der Waals surface area contributed by atoms with Gasteiger partial charge in [0.1, 0.15) is 0 Å². The van der Waals surface area contributed by atoms with Gasteiger partial charge in [0.15, 0.2) is 5.13 Å². The molecule has 1 atom stereocenters. The molecular weight excluding hydrogens is 332 g/mol. The Morgan fingerprint density at radius 2 is 2.22 bits per heavy atom. The van der Waals surface area contributed by atoms with Crippen molar-refractivity contribution in [2.45, 2.75) is 24.3 Å². The maximum Gasteiger partial charge on any atom is 0.239 e. The quantitative estimate of drug-likeness (QED) is 0.715. The SMILES string of the molecule is Cc1ccccc1-n1nnnc1S[C@H](C)C(=O)Nc1nccs1. The summed E-state index contributed by atoms with van der Waals surface area (Å²) in [6, 6.07) is 7.82. The molecule has 0 unspecified atom stereocenters. The minimum Gasteiger partial charge on any atom is -0.301 e. The predicted molar refractivity (Wildman–Crippen MR) is 90.0 cm³/mol. The first-order valence-electron chi connectivity index (χ1n) is 6.86. The van der Waals surface area contributed by atoms with Crippen LogP contribution in [0.2, 0.25) is 0 Å². The zero-order chi connectivity index (χ0) is 16.2. The molecule has 9 heteroatoms. The van der Waals surface area contributed by atoms with Crippen LogP contribution >= 0.6 is 23.1 Å². The number of amides is 1. The number of nitrogens with one attached hydrogen (secondary N) is 1. The fourth-order valence-electron chi connectivity index (χ4n) is 1.91. The second-order valence-corrected chi connectivity index (χ2v) is 6.95. The summed E-state index contributed by atoms with van der Waals surface area (Å²) in [7, 11) is 0. The van der Waals surface area contributed by atoms with Gasteiger partial charge in [0.05, 0.1) is 10.9 Å². The van der Waals surface area contributed by atoms with Gasteiger partial charge in [-0.1, -0.05) is 30.0 Å². The number of aromatic nitrogens is 5. The molecule has 3 aromatic rings. The van der Waals surface area contributed by atoms with E-state index in [0.717, 1.165) is 11.3 Å². The molecule has 2 heterocycles. The second-order valence-electron chi connectivity index (χ2n) is 4.75. The molecule has 118 valence electrons. The normalized spacial score (nSPS) is 12.1. The van der Waals surface area contributed by atoms with Crippen molar-refractivity contribution in [3.8, 4) is 5.69 Å². The highest BCUT2D eigenvalue weighted by molar-refractivity contribution is 8.00. The highest BCUT2D eigenvalue weighted by Crippen LogP contribution is 2.25. The molecule has 0 aliphatic rings. The molecule has 1 amide bonds. The lowest BCUT2D eigenvalue weighted by Crippen LogP contribution is -2.22. The maximum atomic E-state index is 12.2. The lowest BCUT2D eigenvalue weighted by molar-refractivity contribution is -0.115. The molecule has 23 heavy (non-hydrogen) atoms. The number of tetrazole rings is 1. The van der Waals surface area contributed by atoms with Crippen molar-refractivity contribution in [3.63, 3.8) is 0 Å². The van der Waals surface area contributed by atoms with Gasteiger partial charge in [-0.25, -0.2) is 4.98 Å². The fraction of sp³-hybridized carbons (Fsp3) is 0.214. The van der Waals surface area contributed by atoms with Gasteiger partial charge in [0.2, 0.25) is 11.1 Å². The molecule has 0 saturated heterocycles. The average molecular weight is 346 g/mol. The van der Waals surface area contributed by atoms with Gasteiger partial charge in [0, 0.05) is 11.6 Å². The maximum absolute atomic E-state index is 12.2. The third kappa shape index (κ3) is 3.57. The largest absolute Gasteiger partial charge is 0.301 e. The van der Waals surface area contributed by atoms with Crippen LogP contribution in [-0.4, -0.2) is 36.3 Å². The lowest BCUT2D eigenvalue weighted by atomic mass is 10.2. The van der Waals surface area contributed by atoms with Gasteiger partial charge < -0.3 is 5.32 Å². The first-order chi connectivity index (χ1) is 11.1. The van der Waals surface area contributed by atoms with E-state index in [2.05, 4.69) is 25.8 Å². The molecule has 0 aliphatic heterocycles. The van der Waals surface area contributed by atoms with Crippen molar-refractivity contribution in [2.75, 3.05) is 5.32 Å². The molecule has 0 bridgehead atoms. The molecule has 3 rings (SSSR count). The number of hydrogen-bond donors (Lipinski definition) is 1. The van der Waals surface area contributed by atoms with Crippen molar-refractivity contribution in [3.05, 3.63) is 41.4 Å². The zero-order valence-corrected chi connectivity index (χ0v) is 14.1. The minimum atomic E-state index is -0.354. The molecule has 1 N–H and O–H groups in total. The highest BCUT2D eigenvalue weighted by atomic mass is 32.2. The van der Waals surface area contributed by atoms with Crippen LogP contribution in [0.1, 0.15) is 12.5 Å². The molecule has 2 aromatic heterocycles. The Balaban J connectivity index is 1.75. The van der Waals surface area contributed by atoms with E-state index < -0.39 is 0 Å². The van der Waals surface area contributed by atoms with E-state index in [-0.39, 0.29) is 11.2 Å². The third-order valence-electron chi connectivity index (χ3n) is 3.10. The molecule has 7 nitrogen and oxygen atoms in total. The number of nitrogens with zero attached hydrogens (tertiary/aromatic N) is 5. The number of para-hydroxylation sites is 1. The topological polar surface area (TPSA) is 85.6 Å². The van der Waals surface area contributed by atoms with Gasteiger partial charge >= 0.3 is 0 Å². The van der Waals surface area contributed by atoms with Crippen molar-refractivity contribution in [1.82, 2.24) is 25.2 Å². The third-order valence-corrected chi connectivity index (χ3v) is 4.82. The minimum absolute atomic E-state index is 0.135. The van der Waals surface area contributed by atoms with Crippen LogP contribution < -0.4 is 5.32 Å². The van der Waals surface area contributed by atoms with E-state index in [4.69, 9.17) is 0 Å². The van der Waals surface area contributed by atoms with E-state index in [9.17, 15) is 4.79 Å². The van der Waals surface area contributed by atoms with Crippen LogP contribution in [0.3, 0.4) is 0 Å². The number of aryl methyl sites for hydroxylation is 1. The summed E-state index contributed by atoms with van der Waals surface area (Å²) >= 11 is 2.68. The van der Waals surface area contributed by atoms with E-state index in [1.54, 1.807) is 10.9 Å². The number of hydrogen-bond acceptors (Lipinski definition) is 7. The summed E-state index contributed by atoms with van der Waals surface area (Å²) in [5.74, 6) is -0.135. The number of carbonyl (C=O) groups excluding carboxylic acids is 1. The Kier molecular flexibility index (Phi) is 4.68. The van der Waals surface area contributed by atoms with Crippen molar-refractivity contribution in [1.29, 1.82) is 0 Å². The van der Waals surface area contributed by atoms with E-state index in [1.807, 2.05) is 43.5 Å². The van der Waals surface area contributed by atoms with Crippen molar-refractivity contribution in [2.24, 2.45) is 0 Å². The van der Waals surface area contributed by atoms with Gasteiger partial charge in [0.25, 0.3) is 0 Å². The summed E-state index contributed by atoms with van der Waals surface area (Å²) in [6.45, 7) is 3.80. The fourth-order valence-corrected chi connectivity index (χ4v) is 3.24. The molecule has 1 aromatic carbocycles. The van der Waals surface area contributed by atoms with Crippen LogP contribution in [0.25, 0.3) is 5.69 Å². The first kappa shape index (κ1) is 15.6. The van der Waals surface area contributed by atoms with Gasteiger partial charge in [-0.2, -0.15) is 4.68 Å².